The number of amides is 2. The van der Waals surface area contributed by atoms with Crippen LogP contribution >= 0.6 is 0 Å². The second-order valence-electron chi connectivity index (χ2n) is 7.86. The smallest absolute Gasteiger partial charge is 0.260 e. The first-order chi connectivity index (χ1) is 16.2. The molecule has 3 aromatic rings. The van der Waals surface area contributed by atoms with E-state index in [1.165, 1.54) is 0 Å². The molecular formula is C27H28N2O4. The van der Waals surface area contributed by atoms with Crippen LogP contribution in [0.25, 0.3) is 0 Å². The number of hydrogen-bond donors (Lipinski definition) is 1. The number of nitrogens with one attached hydrogen (secondary N) is 1. The molecule has 0 bridgehead atoms. The van der Waals surface area contributed by atoms with Crippen molar-refractivity contribution in [1.82, 2.24) is 0 Å². The molecule has 2 amide bonds. The molecule has 3 aromatic carbocycles. The van der Waals surface area contributed by atoms with Crippen molar-refractivity contribution < 1.29 is 19.1 Å². The maximum Gasteiger partial charge on any atom is 0.260 e. The van der Waals surface area contributed by atoms with Gasteiger partial charge in [-0.2, -0.15) is 0 Å². The molecule has 0 aliphatic carbocycles. The van der Waals surface area contributed by atoms with E-state index in [9.17, 15) is 9.59 Å². The number of nitrogens with zero attached hydrogens (tertiary/aromatic N) is 1. The third-order valence-corrected chi connectivity index (χ3v) is 5.61. The van der Waals surface area contributed by atoms with E-state index < -0.39 is 0 Å². The first kappa shape index (κ1) is 22.6. The van der Waals surface area contributed by atoms with E-state index in [-0.39, 0.29) is 17.9 Å². The summed E-state index contributed by atoms with van der Waals surface area (Å²) in [6.45, 7) is 3.74. The quantitative estimate of drug-likeness (QED) is 0.521. The number of hydrogen-bond acceptors (Lipinski definition) is 4. The van der Waals surface area contributed by atoms with Crippen molar-refractivity contribution in [3.8, 4) is 5.75 Å². The molecule has 0 radical (unpaired) electrons. The fourth-order valence-electron chi connectivity index (χ4n) is 3.84. The lowest BCUT2D eigenvalue weighted by molar-refractivity contribution is 0.0679. The molecule has 4 rings (SSSR count). The maximum absolute atomic E-state index is 13.3. The number of benzene rings is 3. The van der Waals surface area contributed by atoms with Crippen LogP contribution in [-0.2, 0) is 4.74 Å². The van der Waals surface area contributed by atoms with Crippen LogP contribution in [0.5, 0.6) is 5.75 Å². The number of para-hydroxylation sites is 2. The molecule has 1 heterocycles. The minimum absolute atomic E-state index is 0.139. The molecule has 33 heavy (non-hydrogen) atoms. The van der Waals surface area contributed by atoms with E-state index in [0.717, 1.165) is 25.1 Å². The molecule has 0 aromatic heterocycles. The minimum Gasteiger partial charge on any atom is -0.491 e. The number of carbonyl (C=O) groups excluding carboxylic acids is 2. The van der Waals surface area contributed by atoms with Crippen LogP contribution in [0.1, 0.15) is 40.5 Å². The zero-order chi connectivity index (χ0) is 23.0. The van der Waals surface area contributed by atoms with Gasteiger partial charge in [-0.05, 0) is 68.3 Å². The highest BCUT2D eigenvalue weighted by molar-refractivity contribution is 6.13. The van der Waals surface area contributed by atoms with Gasteiger partial charge in [0.1, 0.15) is 12.4 Å². The van der Waals surface area contributed by atoms with Crippen LogP contribution in [0.3, 0.4) is 0 Å². The van der Waals surface area contributed by atoms with Crippen molar-refractivity contribution in [1.29, 1.82) is 0 Å². The van der Waals surface area contributed by atoms with Gasteiger partial charge in [0.25, 0.3) is 11.8 Å². The standard InChI is InChI=1S/C27H28N2O4/c1-2-29(21-9-4-3-5-10-21)27(31)24-12-6-7-13-25(24)28-26(30)20-14-16-22(17-15-20)33-19-23-11-8-18-32-23/h3-7,9-10,12-17,23H,2,8,11,18-19H2,1H3,(H,28,30). The monoisotopic (exact) mass is 444 g/mol. The molecule has 6 nitrogen and oxygen atoms in total. The molecule has 1 fully saturated rings. The average molecular weight is 445 g/mol. The molecule has 1 saturated heterocycles. The largest absolute Gasteiger partial charge is 0.491 e. The van der Waals surface area contributed by atoms with Crippen molar-refractivity contribution in [2.24, 2.45) is 0 Å². The van der Waals surface area contributed by atoms with Crippen molar-refractivity contribution in [3.63, 3.8) is 0 Å². The maximum atomic E-state index is 13.3. The van der Waals surface area contributed by atoms with Gasteiger partial charge in [-0.15, -0.1) is 0 Å². The van der Waals surface area contributed by atoms with E-state index in [1.54, 1.807) is 53.4 Å². The lowest BCUT2D eigenvalue weighted by atomic mass is 10.1. The number of carbonyl (C=O) groups is 2. The van der Waals surface area contributed by atoms with Crippen LogP contribution in [0, 0.1) is 0 Å². The molecule has 1 aliphatic rings. The second-order valence-corrected chi connectivity index (χ2v) is 7.86. The Labute approximate surface area is 194 Å². The van der Waals surface area contributed by atoms with Gasteiger partial charge < -0.3 is 19.7 Å². The predicted molar refractivity (Wildman–Crippen MR) is 129 cm³/mol. The Balaban J connectivity index is 1.44. The highest BCUT2D eigenvalue weighted by Gasteiger charge is 2.20. The summed E-state index contributed by atoms with van der Waals surface area (Å²) in [6, 6.07) is 23.5. The Kier molecular flexibility index (Phi) is 7.37. The summed E-state index contributed by atoms with van der Waals surface area (Å²) >= 11 is 0. The van der Waals surface area contributed by atoms with Crippen molar-refractivity contribution in [2.45, 2.75) is 25.9 Å². The van der Waals surface area contributed by atoms with E-state index in [4.69, 9.17) is 9.47 Å². The normalized spacial score (nSPS) is 15.1. The third kappa shape index (κ3) is 5.59. The number of anilines is 2. The Morgan fingerprint density at radius 3 is 2.42 bits per heavy atom. The van der Waals surface area contributed by atoms with Crippen LogP contribution in [0.4, 0.5) is 11.4 Å². The van der Waals surface area contributed by atoms with E-state index >= 15 is 0 Å². The molecule has 1 unspecified atom stereocenters. The van der Waals surface area contributed by atoms with Gasteiger partial charge in [0.05, 0.1) is 17.4 Å². The molecule has 1 aliphatic heterocycles. The van der Waals surface area contributed by atoms with Gasteiger partial charge in [-0.3, -0.25) is 9.59 Å². The summed E-state index contributed by atoms with van der Waals surface area (Å²) in [4.78, 5) is 27.9. The van der Waals surface area contributed by atoms with Crippen LogP contribution in [0.2, 0.25) is 0 Å². The molecular weight excluding hydrogens is 416 g/mol. The van der Waals surface area contributed by atoms with Crippen LogP contribution in [-0.4, -0.2) is 37.7 Å². The van der Waals surface area contributed by atoms with Gasteiger partial charge in [0, 0.05) is 24.4 Å². The zero-order valence-electron chi connectivity index (χ0n) is 18.7. The third-order valence-electron chi connectivity index (χ3n) is 5.61. The lowest BCUT2D eigenvalue weighted by Crippen LogP contribution is -2.31. The highest BCUT2D eigenvalue weighted by atomic mass is 16.5. The summed E-state index contributed by atoms with van der Waals surface area (Å²) in [5.74, 6) is 0.236. The van der Waals surface area contributed by atoms with Gasteiger partial charge in [-0.25, -0.2) is 0 Å². The minimum atomic E-state index is -0.288. The summed E-state index contributed by atoms with van der Waals surface area (Å²) in [6.07, 6.45) is 2.22. The fraction of sp³-hybridized carbons (Fsp3) is 0.259. The molecule has 0 spiro atoms. The Bertz CT molecular complexity index is 1080. The molecule has 1 atom stereocenters. The van der Waals surface area contributed by atoms with E-state index in [2.05, 4.69) is 5.32 Å². The van der Waals surface area contributed by atoms with Gasteiger partial charge >= 0.3 is 0 Å². The predicted octanol–water partition coefficient (Wildman–Crippen LogP) is 5.16. The van der Waals surface area contributed by atoms with Crippen molar-refractivity contribution >= 4 is 23.2 Å². The Morgan fingerprint density at radius 1 is 1.00 bits per heavy atom. The molecule has 6 heteroatoms. The summed E-state index contributed by atoms with van der Waals surface area (Å²) < 4.78 is 11.3. The summed E-state index contributed by atoms with van der Waals surface area (Å²) in [5, 5.41) is 2.89. The number of rotatable bonds is 8. The van der Waals surface area contributed by atoms with Gasteiger partial charge in [0.15, 0.2) is 0 Å². The Morgan fingerprint density at radius 2 is 1.73 bits per heavy atom. The average Bonchev–Trinajstić information content (AvgIpc) is 3.38. The second kappa shape index (κ2) is 10.8. The van der Waals surface area contributed by atoms with Gasteiger partial charge in [-0.1, -0.05) is 30.3 Å². The van der Waals surface area contributed by atoms with Crippen LogP contribution < -0.4 is 15.0 Å². The van der Waals surface area contributed by atoms with Gasteiger partial charge in [0.2, 0.25) is 0 Å². The number of ether oxygens (including phenoxy) is 2. The molecule has 0 saturated carbocycles. The molecule has 1 N–H and O–H groups in total. The topological polar surface area (TPSA) is 67.9 Å². The first-order valence-electron chi connectivity index (χ1n) is 11.3. The SMILES string of the molecule is CCN(C(=O)c1ccccc1NC(=O)c1ccc(OCC2CCCO2)cc1)c1ccccc1. The molecule has 170 valence electrons. The van der Waals surface area contributed by atoms with Crippen molar-refractivity contribution in [3.05, 3.63) is 90.0 Å². The summed E-state index contributed by atoms with van der Waals surface area (Å²) in [5.41, 5.74) is 2.20. The lowest BCUT2D eigenvalue weighted by Gasteiger charge is -2.22. The zero-order valence-corrected chi connectivity index (χ0v) is 18.7. The highest BCUT2D eigenvalue weighted by Crippen LogP contribution is 2.23. The summed E-state index contributed by atoms with van der Waals surface area (Å²) in [7, 11) is 0. The Hall–Kier alpha value is -3.64. The van der Waals surface area contributed by atoms with E-state index in [0.29, 0.717) is 35.7 Å². The van der Waals surface area contributed by atoms with Crippen LogP contribution in [0.15, 0.2) is 78.9 Å². The fourth-order valence-corrected chi connectivity index (χ4v) is 3.84. The first-order valence-corrected chi connectivity index (χ1v) is 11.3. The van der Waals surface area contributed by atoms with E-state index in [1.807, 2.05) is 37.3 Å². The van der Waals surface area contributed by atoms with Crippen molar-refractivity contribution in [2.75, 3.05) is 30.0 Å².